The van der Waals surface area contributed by atoms with Crippen molar-refractivity contribution in [3.8, 4) is 0 Å². The zero-order valence-electron chi connectivity index (χ0n) is 5.87. The van der Waals surface area contributed by atoms with Crippen molar-refractivity contribution in [1.82, 2.24) is 4.98 Å². The van der Waals surface area contributed by atoms with Crippen molar-refractivity contribution in [2.45, 2.75) is 6.10 Å². The molecule has 1 aromatic rings. The number of pyridine rings is 1. The molecule has 0 aromatic carbocycles. The molecule has 0 saturated carbocycles. The molecule has 0 saturated heterocycles. The van der Waals surface area contributed by atoms with E-state index in [1.54, 1.807) is 12.1 Å². The summed E-state index contributed by atoms with van der Waals surface area (Å²) in [7, 11) is 0. The van der Waals surface area contributed by atoms with E-state index >= 15 is 0 Å². The zero-order chi connectivity index (χ0) is 8.27. The largest absolute Gasteiger partial charge is 0.385 e. The fourth-order valence-corrected chi connectivity index (χ4v) is 1.09. The molecule has 1 aromatic heterocycles. The molecule has 1 heterocycles. The molecule has 3 N–H and O–H groups in total. The number of halogens is 1. The van der Waals surface area contributed by atoms with Gasteiger partial charge in [-0.3, -0.25) is 0 Å². The summed E-state index contributed by atoms with van der Waals surface area (Å²) in [5.74, 6) is 0. The smallest absolute Gasteiger partial charge is 0.108 e. The Bertz CT molecular complexity index is 242. The highest BCUT2D eigenvalue weighted by Crippen LogP contribution is 2.11. The fourth-order valence-electron chi connectivity index (χ4n) is 0.730. The molecule has 0 fully saturated rings. The summed E-state index contributed by atoms with van der Waals surface area (Å²) in [5.41, 5.74) is 5.85. The van der Waals surface area contributed by atoms with Crippen LogP contribution >= 0.6 is 15.9 Å². The molecular formula is C7H9BrN2O. The predicted molar refractivity (Wildman–Crippen MR) is 46.0 cm³/mol. The minimum absolute atomic E-state index is 0.198. The van der Waals surface area contributed by atoms with Crippen molar-refractivity contribution in [3.63, 3.8) is 0 Å². The summed E-state index contributed by atoms with van der Waals surface area (Å²) in [6, 6.07) is 5.35. The maximum Gasteiger partial charge on any atom is 0.108 e. The van der Waals surface area contributed by atoms with Crippen LogP contribution in [0.15, 0.2) is 22.8 Å². The van der Waals surface area contributed by atoms with E-state index in [-0.39, 0.29) is 6.54 Å². The highest BCUT2D eigenvalue weighted by Gasteiger charge is 2.05. The van der Waals surface area contributed by atoms with Crippen LogP contribution in [0, 0.1) is 0 Å². The Kier molecular flexibility index (Phi) is 2.99. The molecule has 0 aliphatic carbocycles. The summed E-state index contributed by atoms with van der Waals surface area (Å²) >= 11 is 3.20. The lowest BCUT2D eigenvalue weighted by Crippen LogP contribution is -2.12. The molecule has 0 bridgehead atoms. The first-order valence-corrected chi connectivity index (χ1v) is 4.04. The normalized spacial score (nSPS) is 13.0. The van der Waals surface area contributed by atoms with E-state index in [1.807, 2.05) is 6.07 Å². The molecule has 0 amide bonds. The number of hydrogen-bond donors (Lipinski definition) is 2. The lowest BCUT2D eigenvalue weighted by molar-refractivity contribution is 0.181. The molecule has 1 atom stereocenters. The number of nitrogens with two attached hydrogens (primary N) is 1. The Morgan fingerprint density at radius 1 is 1.64 bits per heavy atom. The second-order valence-corrected chi connectivity index (χ2v) is 2.95. The van der Waals surface area contributed by atoms with E-state index in [2.05, 4.69) is 20.9 Å². The lowest BCUT2D eigenvalue weighted by Gasteiger charge is -2.05. The van der Waals surface area contributed by atoms with Gasteiger partial charge in [0.15, 0.2) is 0 Å². The molecule has 0 radical (unpaired) electrons. The quantitative estimate of drug-likeness (QED) is 0.721. The lowest BCUT2D eigenvalue weighted by atomic mass is 10.2. The van der Waals surface area contributed by atoms with Gasteiger partial charge in [-0.25, -0.2) is 4.98 Å². The van der Waals surface area contributed by atoms with Crippen molar-refractivity contribution in [2.75, 3.05) is 6.54 Å². The molecule has 60 valence electrons. The molecule has 0 aliphatic rings. The summed E-state index contributed by atoms with van der Waals surface area (Å²) in [6.07, 6.45) is -0.660. The van der Waals surface area contributed by atoms with Crippen LogP contribution in [0.2, 0.25) is 0 Å². The zero-order valence-corrected chi connectivity index (χ0v) is 7.45. The third-order valence-corrected chi connectivity index (χ3v) is 1.74. The average molecular weight is 217 g/mol. The topological polar surface area (TPSA) is 59.1 Å². The number of nitrogens with zero attached hydrogens (tertiary/aromatic N) is 1. The van der Waals surface area contributed by atoms with Crippen LogP contribution in [0.4, 0.5) is 0 Å². The summed E-state index contributed by atoms with van der Waals surface area (Å²) < 4.78 is 0.711. The van der Waals surface area contributed by atoms with Gasteiger partial charge in [-0.2, -0.15) is 0 Å². The number of aliphatic hydroxyl groups excluding tert-OH is 1. The van der Waals surface area contributed by atoms with Crippen molar-refractivity contribution in [2.24, 2.45) is 5.73 Å². The minimum atomic E-state index is -0.660. The van der Waals surface area contributed by atoms with Crippen LogP contribution < -0.4 is 5.73 Å². The molecule has 11 heavy (non-hydrogen) atoms. The van der Waals surface area contributed by atoms with Gasteiger partial charge in [-0.15, -0.1) is 0 Å². The maximum atomic E-state index is 9.25. The van der Waals surface area contributed by atoms with Crippen molar-refractivity contribution < 1.29 is 5.11 Å². The minimum Gasteiger partial charge on any atom is -0.385 e. The SMILES string of the molecule is NC[C@H](O)c1cccc(Br)n1. The first-order chi connectivity index (χ1) is 5.24. The standard InChI is InChI=1S/C7H9BrN2O/c8-7-3-1-2-5(10-7)6(11)4-9/h1-3,6,11H,4,9H2/t6-/m0/s1. The molecule has 0 aliphatic heterocycles. The van der Waals surface area contributed by atoms with E-state index in [1.165, 1.54) is 0 Å². The van der Waals surface area contributed by atoms with Gasteiger partial charge in [-0.05, 0) is 28.1 Å². The van der Waals surface area contributed by atoms with Gasteiger partial charge in [0, 0.05) is 6.54 Å². The van der Waals surface area contributed by atoms with Crippen LogP contribution in [0.1, 0.15) is 11.8 Å². The first-order valence-electron chi connectivity index (χ1n) is 3.24. The molecule has 0 unspecified atom stereocenters. The molecular weight excluding hydrogens is 208 g/mol. The Hall–Kier alpha value is -0.450. The van der Waals surface area contributed by atoms with Crippen LogP contribution in [0.5, 0.6) is 0 Å². The number of rotatable bonds is 2. The number of hydrogen-bond acceptors (Lipinski definition) is 3. The van der Waals surface area contributed by atoms with Crippen molar-refractivity contribution in [3.05, 3.63) is 28.5 Å². The van der Waals surface area contributed by atoms with Crippen LogP contribution in [0.3, 0.4) is 0 Å². The van der Waals surface area contributed by atoms with Gasteiger partial charge in [0.2, 0.25) is 0 Å². The second-order valence-electron chi connectivity index (χ2n) is 2.14. The Labute approximate surface area is 73.4 Å². The third-order valence-electron chi connectivity index (χ3n) is 1.30. The molecule has 0 spiro atoms. The maximum absolute atomic E-state index is 9.25. The Morgan fingerprint density at radius 2 is 2.36 bits per heavy atom. The number of aliphatic hydroxyl groups is 1. The Morgan fingerprint density at radius 3 is 2.91 bits per heavy atom. The highest BCUT2D eigenvalue weighted by atomic mass is 79.9. The van der Waals surface area contributed by atoms with E-state index < -0.39 is 6.10 Å². The Balaban J connectivity index is 2.86. The third kappa shape index (κ3) is 2.25. The van der Waals surface area contributed by atoms with Gasteiger partial charge < -0.3 is 10.8 Å². The van der Waals surface area contributed by atoms with Gasteiger partial charge >= 0.3 is 0 Å². The van der Waals surface area contributed by atoms with Gasteiger partial charge in [-0.1, -0.05) is 6.07 Å². The fraction of sp³-hybridized carbons (Fsp3) is 0.286. The van der Waals surface area contributed by atoms with Crippen LogP contribution in [-0.2, 0) is 0 Å². The van der Waals surface area contributed by atoms with E-state index in [0.717, 1.165) is 0 Å². The van der Waals surface area contributed by atoms with Crippen LogP contribution in [0.25, 0.3) is 0 Å². The van der Waals surface area contributed by atoms with E-state index in [0.29, 0.717) is 10.3 Å². The monoisotopic (exact) mass is 216 g/mol. The number of aromatic nitrogens is 1. The molecule has 4 heteroatoms. The summed E-state index contributed by atoms with van der Waals surface area (Å²) in [4.78, 5) is 4.03. The summed E-state index contributed by atoms with van der Waals surface area (Å²) in [5, 5.41) is 9.25. The second kappa shape index (κ2) is 3.80. The molecule has 3 nitrogen and oxygen atoms in total. The van der Waals surface area contributed by atoms with Gasteiger partial charge in [0.25, 0.3) is 0 Å². The van der Waals surface area contributed by atoms with Crippen molar-refractivity contribution >= 4 is 15.9 Å². The van der Waals surface area contributed by atoms with Crippen LogP contribution in [-0.4, -0.2) is 16.6 Å². The predicted octanol–water partition coefficient (Wildman–Crippen LogP) is 0.836. The van der Waals surface area contributed by atoms with Crippen molar-refractivity contribution in [1.29, 1.82) is 0 Å². The van der Waals surface area contributed by atoms with E-state index in [4.69, 9.17) is 5.73 Å². The molecule has 1 rings (SSSR count). The van der Waals surface area contributed by atoms with Gasteiger partial charge in [0.05, 0.1) is 5.69 Å². The summed E-state index contributed by atoms with van der Waals surface area (Å²) in [6.45, 7) is 0.198. The van der Waals surface area contributed by atoms with E-state index in [9.17, 15) is 5.11 Å². The highest BCUT2D eigenvalue weighted by molar-refractivity contribution is 9.10. The first kappa shape index (κ1) is 8.64. The average Bonchev–Trinajstić information content (AvgIpc) is 2.03. The van der Waals surface area contributed by atoms with Gasteiger partial charge in [0.1, 0.15) is 10.7 Å².